The Morgan fingerprint density at radius 3 is 2.43 bits per heavy atom. The Kier molecular flexibility index (Phi) is 5.28. The molecule has 1 amide bonds. The van der Waals surface area contributed by atoms with Crippen LogP contribution in [0.3, 0.4) is 0 Å². The van der Waals surface area contributed by atoms with Crippen LogP contribution in [0.1, 0.15) is 0 Å². The van der Waals surface area contributed by atoms with Gasteiger partial charge in [-0.1, -0.05) is 0 Å². The third-order valence-electron chi connectivity index (χ3n) is 2.55. The van der Waals surface area contributed by atoms with Crippen LogP contribution in [0, 0.1) is 16.6 Å². The second-order valence-electron chi connectivity index (χ2n) is 3.98. The zero-order chi connectivity index (χ0) is 16.2. The summed E-state index contributed by atoms with van der Waals surface area (Å²) in [4.78, 5) is 12.9. The predicted octanol–water partition coefficient (Wildman–Crippen LogP) is 2.05. The fraction of sp³-hybridized carbons (Fsp3) is 0.250. The Hall–Kier alpha value is -2.58. The SMILES string of the molecule is CN(C=O)c1cc(F)ccc1N(C)C(=N)OC(=N)C(F)F. The molecule has 0 saturated carbocycles. The van der Waals surface area contributed by atoms with E-state index in [1.165, 1.54) is 20.2 Å². The number of rotatable bonds is 4. The van der Waals surface area contributed by atoms with Crippen LogP contribution in [0.4, 0.5) is 24.5 Å². The molecule has 0 unspecified atom stereocenters. The average Bonchev–Trinajstić information content (AvgIpc) is 2.45. The van der Waals surface area contributed by atoms with Crippen LogP contribution in [0.15, 0.2) is 18.2 Å². The lowest BCUT2D eigenvalue weighted by molar-refractivity contribution is -0.107. The maximum Gasteiger partial charge on any atom is 0.312 e. The number of hydrogen-bond donors (Lipinski definition) is 2. The zero-order valence-corrected chi connectivity index (χ0v) is 11.2. The molecule has 21 heavy (non-hydrogen) atoms. The van der Waals surface area contributed by atoms with Crippen molar-refractivity contribution in [1.29, 1.82) is 10.8 Å². The van der Waals surface area contributed by atoms with E-state index >= 15 is 0 Å². The Labute approximate surface area is 118 Å². The monoisotopic (exact) mass is 302 g/mol. The summed E-state index contributed by atoms with van der Waals surface area (Å²) in [7, 11) is 2.67. The molecule has 0 aromatic heterocycles. The molecule has 0 aliphatic carbocycles. The highest BCUT2D eigenvalue weighted by molar-refractivity contribution is 6.00. The van der Waals surface area contributed by atoms with Gasteiger partial charge >= 0.3 is 6.43 Å². The number of nitrogens with zero attached hydrogens (tertiary/aromatic N) is 2. The van der Waals surface area contributed by atoms with Crippen LogP contribution in [-0.2, 0) is 9.53 Å². The molecule has 1 rings (SSSR count). The van der Waals surface area contributed by atoms with Crippen LogP contribution in [0.25, 0.3) is 0 Å². The van der Waals surface area contributed by atoms with E-state index < -0.39 is 24.2 Å². The van der Waals surface area contributed by atoms with Crippen molar-refractivity contribution in [3.8, 4) is 0 Å². The Morgan fingerprint density at radius 1 is 1.29 bits per heavy atom. The minimum Gasteiger partial charge on any atom is -0.405 e. The van der Waals surface area contributed by atoms with Gasteiger partial charge in [0, 0.05) is 14.1 Å². The first-order valence-electron chi connectivity index (χ1n) is 5.62. The highest BCUT2D eigenvalue weighted by Gasteiger charge is 2.20. The van der Waals surface area contributed by atoms with Crippen molar-refractivity contribution in [2.45, 2.75) is 6.43 Å². The number of hydrogen-bond acceptors (Lipinski definition) is 4. The zero-order valence-electron chi connectivity index (χ0n) is 11.2. The molecule has 0 heterocycles. The maximum absolute atomic E-state index is 13.2. The van der Waals surface area contributed by atoms with Crippen LogP contribution >= 0.6 is 0 Å². The smallest absolute Gasteiger partial charge is 0.312 e. The number of amides is 1. The standard InChI is InChI=1S/C12H13F3N4O2/c1-18(6-20)9-5-7(13)3-4-8(9)19(2)12(17)21-11(16)10(14)15/h3-6,10,16-17H,1-2H3. The fourth-order valence-electron chi connectivity index (χ4n) is 1.45. The van der Waals surface area contributed by atoms with Crippen molar-refractivity contribution in [2.24, 2.45) is 0 Å². The van der Waals surface area contributed by atoms with Crippen molar-refractivity contribution in [1.82, 2.24) is 0 Å². The summed E-state index contributed by atoms with van der Waals surface area (Å²) in [6.45, 7) is 0. The molecule has 2 N–H and O–H groups in total. The number of nitrogens with one attached hydrogen (secondary N) is 2. The molecular formula is C12H13F3N4O2. The van der Waals surface area contributed by atoms with Gasteiger partial charge in [-0.25, -0.2) is 4.39 Å². The lowest BCUT2D eigenvalue weighted by Crippen LogP contribution is -2.33. The minimum absolute atomic E-state index is 0.115. The van der Waals surface area contributed by atoms with Gasteiger partial charge in [0.1, 0.15) is 5.82 Å². The molecule has 0 saturated heterocycles. The number of anilines is 2. The highest BCUT2D eigenvalue weighted by Crippen LogP contribution is 2.28. The van der Waals surface area contributed by atoms with E-state index in [0.29, 0.717) is 6.41 Å². The van der Waals surface area contributed by atoms with Gasteiger partial charge < -0.3 is 9.64 Å². The Bertz CT molecular complexity index is 565. The van der Waals surface area contributed by atoms with Gasteiger partial charge in [0.2, 0.25) is 6.41 Å². The summed E-state index contributed by atoms with van der Waals surface area (Å²) in [6.07, 6.45) is -2.72. The quantitative estimate of drug-likeness (QED) is 0.507. The first-order valence-corrected chi connectivity index (χ1v) is 5.62. The fourth-order valence-corrected chi connectivity index (χ4v) is 1.45. The first-order chi connectivity index (χ1) is 9.77. The molecule has 0 aliphatic rings. The lowest BCUT2D eigenvalue weighted by Gasteiger charge is -2.24. The van der Waals surface area contributed by atoms with Crippen molar-refractivity contribution < 1.29 is 22.7 Å². The maximum atomic E-state index is 13.2. The number of amidine groups is 1. The summed E-state index contributed by atoms with van der Waals surface area (Å²) in [5.41, 5.74) is 0.294. The van der Waals surface area contributed by atoms with Gasteiger partial charge in [0.15, 0.2) is 0 Å². The average molecular weight is 302 g/mol. The van der Waals surface area contributed by atoms with E-state index in [2.05, 4.69) is 4.74 Å². The molecular weight excluding hydrogens is 289 g/mol. The number of benzene rings is 1. The van der Waals surface area contributed by atoms with Gasteiger partial charge in [-0.2, -0.15) is 8.78 Å². The van der Waals surface area contributed by atoms with Gasteiger partial charge in [-0.15, -0.1) is 0 Å². The molecule has 0 spiro atoms. The normalized spacial score (nSPS) is 10.2. The van der Waals surface area contributed by atoms with Crippen LogP contribution in [0.5, 0.6) is 0 Å². The summed E-state index contributed by atoms with van der Waals surface area (Å²) in [6, 6.07) is 2.63. The van der Waals surface area contributed by atoms with E-state index in [1.807, 2.05) is 0 Å². The number of halogens is 3. The van der Waals surface area contributed by atoms with E-state index in [4.69, 9.17) is 10.8 Å². The lowest BCUT2D eigenvalue weighted by atomic mass is 10.2. The molecule has 1 aromatic carbocycles. The summed E-state index contributed by atoms with van der Waals surface area (Å²) >= 11 is 0. The molecule has 0 bridgehead atoms. The second-order valence-corrected chi connectivity index (χ2v) is 3.98. The van der Waals surface area contributed by atoms with Crippen LogP contribution in [-0.4, -0.2) is 38.9 Å². The third-order valence-corrected chi connectivity index (χ3v) is 2.55. The van der Waals surface area contributed by atoms with Crippen LogP contribution in [0.2, 0.25) is 0 Å². The highest BCUT2D eigenvalue weighted by atomic mass is 19.3. The molecule has 1 aromatic rings. The molecule has 114 valence electrons. The second kappa shape index (κ2) is 6.73. The minimum atomic E-state index is -3.15. The molecule has 0 aliphatic heterocycles. The molecule has 6 nitrogen and oxygen atoms in total. The summed E-state index contributed by atoms with van der Waals surface area (Å²) in [5.74, 6) is -1.98. The topological polar surface area (TPSA) is 80.5 Å². The van der Waals surface area contributed by atoms with Gasteiger partial charge in [0.25, 0.3) is 11.9 Å². The number of carbonyl (C=O) groups is 1. The van der Waals surface area contributed by atoms with E-state index in [1.54, 1.807) is 0 Å². The van der Waals surface area contributed by atoms with E-state index in [-0.39, 0.29) is 11.4 Å². The van der Waals surface area contributed by atoms with E-state index in [0.717, 1.165) is 21.9 Å². The largest absolute Gasteiger partial charge is 0.405 e. The number of carbonyl (C=O) groups excluding carboxylic acids is 1. The van der Waals surface area contributed by atoms with Crippen LogP contribution < -0.4 is 9.80 Å². The Morgan fingerprint density at radius 2 is 1.90 bits per heavy atom. The predicted molar refractivity (Wildman–Crippen MR) is 71.8 cm³/mol. The molecule has 0 fully saturated rings. The summed E-state index contributed by atoms with van der Waals surface area (Å²) in [5, 5.41) is 14.4. The third kappa shape index (κ3) is 3.94. The van der Waals surface area contributed by atoms with E-state index in [9.17, 15) is 18.0 Å². The van der Waals surface area contributed by atoms with Crippen molar-refractivity contribution in [3.05, 3.63) is 24.0 Å². The van der Waals surface area contributed by atoms with Crippen molar-refractivity contribution >= 4 is 29.7 Å². The number of alkyl halides is 2. The van der Waals surface area contributed by atoms with Crippen molar-refractivity contribution in [3.63, 3.8) is 0 Å². The van der Waals surface area contributed by atoms with Gasteiger partial charge in [0.05, 0.1) is 11.4 Å². The summed E-state index contributed by atoms with van der Waals surface area (Å²) < 4.78 is 42.0. The first kappa shape index (κ1) is 16.5. The van der Waals surface area contributed by atoms with Crippen molar-refractivity contribution in [2.75, 3.05) is 23.9 Å². The van der Waals surface area contributed by atoms with Gasteiger partial charge in [-0.05, 0) is 18.2 Å². The molecule has 9 heteroatoms. The number of ether oxygens (including phenoxy) is 1. The Balaban J connectivity index is 3.06. The molecule has 0 atom stereocenters. The molecule has 0 radical (unpaired) electrons. The van der Waals surface area contributed by atoms with Gasteiger partial charge in [-0.3, -0.25) is 20.5 Å².